The summed E-state index contributed by atoms with van der Waals surface area (Å²) < 4.78 is 7.00. The number of carbonyl (C=O) groups excluding carboxylic acids is 1. The highest BCUT2D eigenvalue weighted by Gasteiger charge is 2.29. The van der Waals surface area contributed by atoms with Crippen LogP contribution >= 0.6 is 11.6 Å². The molecule has 0 bridgehead atoms. The molecule has 0 fully saturated rings. The third-order valence-electron chi connectivity index (χ3n) is 5.33. The summed E-state index contributed by atoms with van der Waals surface area (Å²) in [6, 6.07) is 8.53. The van der Waals surface area contributed by atoms with Crippen molar-refractivity contribution >= 4 is 34.4 Å². The van der Waals surface area contributed by atoms with Crippen LogP contribution in [0.2, 0.25) is 5.02 Å². The molecule has 140 valence electrons. The summed E-state index contributed by atoms with van der Waals surface area (Å²) >= 11 is 5.91. The standard InChI is InChI=1S/C20H21ClN4O2/c1-24(20-22-10-13(21)11-23-20)14-7-8-18-16(9-14)15-5-3-4-6-17(15)25(18)12-19(26)27-2/h3-6,10-11,14H,7-9,12H2,1-2H3. The summed E-state index contributed by atoms with van der Waals surface area (Å²) in [6.07, 6.45) is 5.98. The van der Waals surface area contributed by atoms with Crippen LogP contribution in [0.25, 0.3) is 10.9 Å². The van der Waals surface area contributed by atoms with Gasteiger partial charge in [-0.1, -0.05) is 29.8 Å². The van der Waals surface area contributed by atoms with Crippen LogP contribution < -0.4 is 4.90 Å². The smallest absolute Gasteiger partial charge is 0.325 e. The van der Waals surface area contributed by atoms with Crippen LogP contribution in [-0.2, 0) is 28.9 Å². The van der Waals surface area contributed by atoms with E-state index >= 15 is 0 Å². The van der Waals surface area contributed by atoms with E-state index in [-0.39, 0.29) is 18.6 Å². The average Bonchev–Trinajstić information content (AvgIpc) is 3.01. The zero-order valence-corrected chi connectivity index (χ0v) is 16.1. The monoisotopic (exact) mass is 384 g/mol. The van der Waals surface area contributed by atoms with Crippen molar-refractivity contribution < 1.29 is 9.53 Å². The van der Waals surface area contributed by atoms with Gasteiger partial charge in [-0.15, -0.1) is 0 Å². The van der Waals surface area contributed by atoms with Crippen molar-refractivity contribution in [1.29, 1.82) is 0 Å². The number of likely N-dealkylation sites (N-methyl/N-ethyl adjacent to an activating group) is 1. The fraction of sp³-hybridized carbons (Fsp3) is 0.350. The summed E-state index contributed by atoms with van der Waals surface area (Å²) in [6.45, 7) is 0.243. The average molecular weight is 385 g/mol. The number of benzene rings is 1. The molecule has 1 atom stereocenters. The van der Waals surface area contributed by atoms with Gasteiger partial charge in [0.05, 0.1) is 24.5 Å². The Bertz CT molecular complexity index is 984. The molecular formula is C20H21ClN4O2. The van der Waals surface area contributed by atoms with Crippen LogP contribution in [0.3, 0.4) is 0 Å². The quantitative estimate of drug-likeness (QED) is 0.646. The number of fused-ring (bicyclic) bond motifs is 3. The maximum atomic E-state index is 11.9. The van der Waals surface area contributed by atoms with Gasteiger partial charge >= 0.3 is 5.97 Å². The first-order valence-corrected chi connectivity index (χ1v) is 9.32. The van der Waals surface area contributed by atoms with Crippen LogP contribution in [0.4, 0.5) is 5.95 Å². The van der Waals surface area contributed by atoms with Crippen LogP contribution in [0.15, 0.2) is 36.7 Å². The summed E-state index contributed by atoms with van der Waals surface area (Å²) in [5, 5.41) is 1.73. The van der Waals surface area contributed by atoms with Gasteiger partial charge in [0.15, 0.2) is 0 Å². The number of aromatic nitrogens is 3. The molecule has 1 unspecified atom stereocenters. The molecule has 2 heterocycles. The first kappa shape index (κ1) is 17.8. The molecule has 4 rings (SSSR count). The Hall–Kier alpha value is -2.60. The molecule has 0 spiro atoms. The Morgan fingerprint density at radius 3 is 2.81 bits per heavy atom. The van der Waals surface area contributed by atoms with Crippen molar-refractivity contribution in [3.63, 3.8) is 0 Å². The molecule has 0 aliphatic heterocycles. The van der Waals surface area contributed by atoms with Crippen LogP contribution in [-0.4, -0.2) is 40.7 Å². The minimum atomic E-state index is -0.229. The van der Waals surface area contributed by atoms with Crippen molar-refractivity contribution in [3.8, 4) is 0 Å². The van der Waals surface area contributed by atoms with Gasteiger partial charge in [0.1, 0.15) is 6.54 Å². The van der Waals surface area contributed by atoms with Gasteiger partial charge in [-0.25, -0.2) is 9.97 Å². The van der Waals surface area contributed by atoms with E-state index in [0.29, 0.717) is 11.0 Å². The lowest BCUT2D eigenvalue weighted by molar-refractivity contribution is -0.141. The third kappa shape index (κ3) is 3.25. The number of rotatable bonds is 4. The largest absolute Gasteiger partial charge is 0.468 e. The minimum Gasteiger partial charge on any atom is -0.468 e. The Kier molecular flexibility index (Phi) is 4.74. The number of esters is 1. The predicted molar refractivity (Wildman–Crippen MR) is 105 cm³/mol. The van der Waals surface area contributed by atoms with Crippen LogP contribution in [0.5, 0.6) is 0 Å². The van der Waals surface area contributed by atoms with Gasteiger partial charge in [-0.3, -0.25) is 4.79 Å². The maximum absolute atomic E-state index is 11.9. The highest BCUT2D eigenvalue weighted by Crippen LogP contribution is 2.34. The molecule has 1 aliphatic carbocycles. The molecule has 7 heteroatoms. The summed E-state index contributed by atoms with van der Waals surface area (Å²) in [5.41, 5.74) is 3.61. The van der Waals surface area contributed by atoms with E-state index in [1.54, 1.807) is 12.4 Å². The van der Waals surface area contributed by atoms with E-state index in [1.165, 1.54) is 23.8 Å². The highest BCUT2D eigenvalue weighted by molar-refractivity contribution is 6.30. The number of hydrogen-bond donors (Lipinski definition) is 0. The summed E-state index contributed by atoms with van der Waals surface area (Å²) in [7, 11) is 3.45. The van der Waals surface area contributed by atoms with Crippen molar-refractivity contribution in [2.24, 2.45) is 0 Å². The number of ether oxygens (including phenoxy) is 1. The first-order chi connectivity index (χ1) is 13.1. The van der Waals surface area contributed by atoms with Gasteiger partial charge in [0.2, 0.25) is 5.95 Å². The van der Waals surface area contributed by atoms with Crippen LogP contribution in [0.1, 0.15) is 17.7 Å². The molecule has 2 aromatic heterocycles. The third-order valence-corrected chi connectivity index (χ3v) is 5.53. The minimum absolute atomic E-state index is 0.229. The van der Waals surface area contributed by atoms with Gasteiger partial charge < -0.3 is 14.2 Å². The number of para-hydroxylation sites is 1. The molecule has 0 N–H and O–H groups in total. The predicted octanol–water partition coefficient (Wildman–Crippen LogP) is 3.25. The topological polar surface area (TPSA) is 60.2 Å². The first-order valence-electron chi connectivity index (χ1n) is 8.94. The second-order valence-electron chi connectivity index (χ2n) is 6.81. The number of methoxy groups -OCH3 is 1. The van der Waals surface area contributed by atoms with Crippen molar-refractivity contribution in [2.75, 3.05) is 19.1 Å². The zero-order chi connectivity index (χ0) is 19.0. The molecule has 0 amide bonds. The molecule has 1 aliphatic rings. The highest BCUT2D eigenvalue weighted by atomic mass is 35.5. The molecule has 0 radical (unpaired) electrons. The van der Waals surface area contributed by atoms with Gasteiger partial charge in [0, 0.05) is 29.7 Å². The van der Waals surface area contributed by atoms with E-state index < -0.39 is 0 Å². The van der Waals surface area contributed by atoms with E-state index in [2.05, 4.69) is 31.6 Å². The van der Waals surface area contributed by atoms with E-state index in [0.717, 1.165) is 24.8 Å². The fourth-order valence-electron chi connectivity index (χ4n) is 3.94. The molecule has 27 heavy (non-hydrogen) atoms. The van der Waals surface area contributed by atoms with Gasteiger partial charge in [-0.2, -0.15) is 0 Å². The van der Waals surface area contributed by atoms with Crippen LogP contribution in [0, 0.1) is 0 Å². The van der Waals surface area contributed by atoms with E-state index in [9.17, 15) is 4.79 Å². The van der Waals surface area contributed by atoms with E-state index in [4.69, 9.17) is 16.3 Å². The van der Waals surface area contributed by atoms with Crippen molar-refractivity contribution in [3.05, 3.63) is 52.9 Å². The van der Waals surface area contributed by atoms with Crippen molar-refractivity contribution in [2.45, 2.75) is 31.8 Å². The summed E-state index contributed by atoms with van der Waals surface area (Å²) in [4.78, 5) is 22.7. The number of hydrogen-bond acceptors (Lipinski definition) is 5. The van der Waals surface area contributed by atoms with E-state index in [1.807, 2.05) is 19.2 Å². The molecule has 6 nitrogen and oxygen atoms in total. The molecule has 0 saturated carbocycles. The summed E-state index contributed by atoms with van der Waals surface area (Å²) in [5.74, 6) is 0.443. The number of halogens is 1. The Balaban J connectivity index is 1.69. The maximum Gasteiger partial charge on any atom is 0.325 e. The second-order valence-corrected chi connectivity index (χ2v) is 7.25. The lowest BCUT2D eigenvalue weighted by Crippen LogP contribution is -2.37. The SMILES string of the molecule is COC(=O)Cn1c2c(c3ccccc31)CC(N(C)c1ncc(Cl)cn1)CC2. The zero-order valence-electron chi connectivity index (χ0n) is 15.4. The second kappa shape index (κ2) is 7.19. The Morgan fingerprint density at radius 1 is 1.33 bits per heavy atom. The molecule has 1 aromatic carbocycles. The number of nitrogens with zero attached hydrogens (tertiary/aromatic N) is 4. The lowest BCUT2D eigenvalue weighted by atomic mass is 9.90. The van der Waals surface area contributed by atoms with Gasteiger partial charge in [-0.05, 0) is 30.9 Å². The normalized spacial score (nSPS) is 16.2. The van der Waals surface area contributed by atoms with Gasteiger partial charge in [0.25, 0.3) is 0 Å². The van der Waals surface area contributed by atoms with Crippen molar-refractivity contribution in [1.82, 2.24) is 14.5 Å². The Morgan fingerprint density at radius 2 is 2.07 bits per heavy atom. The molecule has 3 aromatic rings. The number of carbonyl (C=O) groups is 1. The molecule has 0 saturated heterocycles. The number of anilines is 1. The lowest BCUT2D eigenvalue weighted by Gasteiger charge is -2.32. The Labute approximate surface area is 162 Å². The fourth-order valence-corrected chi connectivity index (χ4v) is 4.04. The molecular weight excluding hydrogens is 364 g/mol.